The molecule has 0 spiro atoms. The lowest BCUT2D eigenvalue weighted by Gasteiger charge is -2.18. The van der Waals surface area contributed by atoms with E-state index >= 15 is 0 Å². The zero-order chi connectivity index (χ0) is 22.8. The van der Waals surface area contributed by atoms with Gasteiger partial charge in [0, 0.05) is 0 Å². The van der Waals surface area contributed by atoms with Crippen LogP contribution in [0.5, 0.6) is 0 Å². The smallest absolute Gasteiger partial charge is 0.272 e. The summed E-state index contributed by atoms with van der Waals surface area (Å²) in [5, 5.41) is 4.43. The fourth-order valence-corrected chi connectivity index (χ4v) is 3.73. The maximum atomic E-state index is 13.3. The van der Waals surface area contributed by atoms with E-state index in [2.05, 4.69) is 15.5 Å². The van der Waals surface area contributed by atoms with Crippen molar-refractivity contribution >= 4 is 16.9 Å². The molecule has 0 aliphatic heterocycles. The van der Waals surface area contributed by atoms with Crippen LogP contribution in [0.1, 0.15) is 17.0 Å². The topological polar surface area (TPSA) is 81.8 Å². The molecule has 33 heavy (non-hydrogen) atoms. The normalized spacial score (nSPS) is 11.1. The number of halogens is 1. The van der Waals surface area contributed by atoms with E-state index in [1.54, 1.807) is 12.1 Å². The second-order valence-electron chi connectivity index (χ2n) is 7.42. The number of amides is 1. The molecule has 0 aliphatic carbocycles. The van der Waals surface area contributed by atoms with E-state index in [4.69, 9.17) is 0 Å². The van der Waals surface area contributed by atoms with Crippen LogP contribution >= 0.6 is 0 Å². The number of hydrogen-bond acceptors (Lipinski definition) is 4. The molecule has 0 bridgehead atoms. The first kappa shape index (κ1) is 20.3. The van der Waals surface area contributed by atoms with E-state index in [1.165, 1.54) is 29.3 Å². The van der Waals surface area contributed by atoms with Gasteiger partial charge < -0.3 is 0 Å². The van der Waals surface area contributed by atoms with Gasteiger partial charge in [-0.1, -0.05) is 60.7 Å². The largest absolute Gasteiger partial charge is 0.283 e. The summed E-state index contributed by atoms with van der Waals surface area (Å²) in [5.74, 6) is -1.36. The number of benzene rings is 3. The van der Waals surface area contributed by atoms with Crippen molar-refractivity contribution < 1.29 is 9.18 Å². The summed E-state index contributed by atoms with van der Waals surface area (Å²) in [4.78, 5) is 30.7. The quantitative estimate of drug-likeness (QED) is 0.454. The molecule has 3 aromatic carbocycles. The molecule has 0 radical (unpaired) electrons. The number of nitrogens with one attached hydrogen (secondary N) is 1. The number of carbonyl (C=O) groups excluding carboxylic acids is 1. The van der Waals surface area contributed by atoms with Crippen LogP contribution in [0.15, 0.2) is 102 Å². The van der Waals surface area contributed by atoms with E-state index in [-0.39, 0.29) is 17.1 Å². The SMILES string of the molecule is O=C(Nn1cnc2c(cnn2-c2ccc(F)cc2)c1=O)C(c1ccccc1)c1ccccc1. The lowest BCUT2D eigenvalue weighted by Crippen LogP contribution is -2.36. The number of hydrogen-bond donors (Lipinski definition) is 1. The van der Waals surface area contributed by atoms with Crippen molar-refractivity contribution in [2.75, 3.05) is 5.43 Å². The van der Waals surface area contributed by atoms with Crippen LogP contribution in [0, 0.1) is 5.82 Å². The molecule has 5 aromatic rings. The van der Waals surface area contributed by atoms with Gasteiger partial charge in [-0.15, -0.1) is 0 Å². The molecule has 0 unspecified atom stereocenters. The fraction of sp³-hybridized carbons (Fsp3) is 0.0400. The maximum absolute atomic E-state index is 13.3. The highest BCUT2D eigenvalue weighted by Crippen LogP contribution is 2.25. The lowest BCUT2D eigenvalue weighted by molar-refractivity contribution is -0.117. The highest BCUT2D eigenvalue weighted by atomic mass is 19.1. The van der Waals surface area contributed by atoms with Gasteiger partial charge in [-0.25, -0.2) is 18.7 Å². The van der Waals surface area contributed by atoms with Gasteiger partial charge in [-0.2, -0.15) is 5.10 Å². The molecular weight excluding hydrogens is 421 g/mol. The maximum Gasteiger partial charge on any atom is 0.283 e. The number of fused-ring (bicyclic) bond motifs is 1. The molecule has 162 valence electrons. The minimum Gasteiger partial charge on any atom is -0.272 e. The molecule has 0 saturated carbocycles. The molecule has 0 fully saturated rings. The molecule has 2 aromatic heterocycles. The minimum atomic E-state index is -0.614. The van der Waals surface area contributed by atoms with Crippen molar-refractivity contribution in [3.63, 3.8) is 0 Å². The number of carbonyl (C=O) groups is 1. The summed E-state index contributed by atoms with van der Waals surface area (Å²) in [6, 6.07) is 24.4. The first-order chi connectivity index (χ1) is 16.1. The highest BCUT2D eigenvalue weighted by Gasteiger charge is 2.23. The summed E-state index contributed by atoms with van der Waals surface area (Å²) in [6.07, 6.45) is 2.62. The van der Waals surface area contributed by atoms with Gasteiger partial charge in [-0.05, 0) is 35.4 Å². The van der Waals surface area contributed by atoms with Gasteiger partial charge in [0.2, 0.25) is 0 Å². The summed E-state index contributed by atoms with van der Waals surface area (Å²) in [6.45, 7) is 0. The predicted octanol–water partition coefficient (Wildman–Crippen LogP) is 3.62. The Balaban J connectivity index is 1.50. The Morgan fingerprint density at radius 3 is 2.09 bits per heavy atom. The van der Waals surface area contributed by atoms with E-state index < -0.39 is 11.5 Å². The number of rotatable bonds is 5. The molecule has 2 heterocycles. The van der Waals surface area contributed by atoms with Crippen molar-refractivity contribution in [3.05, 3.63) is 125 Å². The molecule has 8 heteroatoms. The third kappa shape index (κ3) is 3.89. The third-order valence-electron chi connectivity index (χ3n) is 5.32. The average Bonchev–Trinajstić information content (AvgIpc) is 3.28. The first-order valence-corrected chi connectivity index (χ1v) is 10.2. The highest BCUT2D eigenvalue weighted by molar-refractivity contribution is 5.93. The lowest BCUT2D eigenvalue weighted by atomic mass is 9.91. The second-order valence-corrected chi connectivity index (χ2v) is 7.42. The van der Waals surface area contributed by atoms with E-state index in [0.29, 0.717) is 11.3 Å². The summed E-state index contributed by atoms with van der Waals surface area (Å²) < 4.78 is 15.8. The van der Waals surface area contributed by atoms with Crippen LogP contribution in [0.4, 0.5) is 4.39 Å². The van der Waals surface area contributed by atoms with Gasteiger partial charge in [-0.3, -0.25) is 15.0 Å². The fourth-order valence-electron chi connectivity index (χ4n) is 3.73. The van der Waals surface area contributed by atoms with Gasteiger partial charge >= 0.3 is 0 Å². The molecule has 1 amide bonds. The monoisotopic (exact) mass is 439 g/mol. The summed E-state index contributed by atoms with van der Waals surface area (Å²) in [5.41, 5.74) is 4.67. The van der Waals surface area contributed by atoms with Crippen molar-refractivity contribution in [2.45, 2.75) is 5.92 Å². The standard InChI is InChI=1S/C25H18FN5O2/c26-19-11-13-20(14-12-19)31-23-21(15-28-31)25(33)30(16-27-23)29-24(32)22(17-7-3-1-4-8-17)18-9-5-2-6-10-18/h1-16,22H,(H,29,32). The summed E-state index contributed by atoms with van der Waals surface area (Å²) >= 11 is 0. The van der Waals surface area contributed by atoms with Gasteiger partial charge in [0.05, 0.1) is 17.8 Å². The number of aromatic nitrogens is 4. The van der Waals surface area contributed by atoms with E-state index in [1.807, 2.05) is 60.7 Å². The van der Waals surface area contributed by atoms with Crippen LogP contribution in [0.3, 0.4) is 0 Å². The zero-order valence-electron chi connectivity index (χ0n) is 17.3. The molecule has 0 saturated heterocycles. The van der Waals surface area contributed by atoms with Crippen LogP contribution in [-0.2, 0) is 4.79 Å². The number of nitrogens with zero attached hydrogens (tertiary/aromatic N) is 4. The van der Waals surface area contributed by atoms with Crippen LogP contribution in [-0.4, -0.2) is 25.3 Å². The Kier molecular flexibility index (Phi) is 5.24. The zero-order valence-corrected chi connectivity index (χ0v) is 17.3. The van der Waals surface area contributed by atoms with Crippen molar-refractivity contribution in [2.24, 2.45) is 0 Å². The van der Waals surface area contributed by atoms with Crippen molar-refractivity contribution in [1.29, 1.82) is 0 Å². The Labute approximate surface area is 187 Å². The third-order valence-corrected chi connectivity index (χ3v) is 5.32. The van der Waals surface area contributed by atoms with Crippen LogP contribution in [0.2, 0.25) is 0 Å². The first-order valence-electron chi connectivity index (χ1n) is 10.2. The predicted molar refractivity (Wildman–Crippen MR) is 122 cm³/mol. The molecule has 0 aliphatic rings. The Morgan fingerprint density at radius 1 is 0.879 bits per heavy atom. The van der Waals surface area contributed by atoms with E-state index in [0.717, 1.165) is 15.8 Å². The average molecular weight is 439 g/mol. The molecule has 7 nitrogen and oxygen atoms in total. The Hall–Kier alpha value is -4.59. The van der Waals surface area contributed by atoms with Crippen molar-refractivity contribution in [1.82, 2.24) is 19.4 Å². The molecule has 5 rings (SSSR count). The Morgan fingerprint density at radius 2 is 1.48 bits per heavy atom. The molecular formula is C25H18FN5O2. The van der Waals surface area contributed by atoms with Gasteiger partial charge in [0.1, 0.15) is 17.5 Å². The van der Waals surface area contributed by atoms with Crippen molar-refractivity contribution in [3.8, 4) is 5.69 Å². The van der Waals surface area contributed by atoms with Gasteiger partial charge in [0.25, 0.3) is 11.5 Å². The van der Waals surface area contributed by atoms with E-state index in [9.17, 15) is 14.0 Å². The minimum absolute atomic E-state index is 0.220. The Bertz CT molecular complexity index is 1440. The summed E-state index contributed by atoms with van der Waals surface area (Å²) in [7, 11) is 0. The second kappa shape index (κ2) is 8.51. The molecule has 0 atom stereocenters. The van der Waals surface area contributed by atoms with Gasteiger partial charge in [0.15, 0.2) is 5.65 Å². The molecule has 1 N–H and O–H groups in total. The van der Waals surface area contributed by atoms with Crippen LogP contribution in [0.25, 0.3) is 16.7 Å². The van der Waals surface area contributed by atoms with Crippen LogP contribution < -0.4 is 11.0 Å².